The fourth-order valence-electron chi connectivity index (χ4n) is 4.21. The summed E-state index contributed by atoms with van der Waals surface area (Å²) in [7, 11) is 1.65. The van der Waals surface area contributed by atoms with Crippen LogP contribution in [0.2, 0.25) is 5.02 Å². The maximum Gasteiger partial charge on any atom is 0.174 e. The third-order valence-electron chi connectivity index (χ3n) is 5.88. The first kappa shape index (κ1) is 21.5. The van der Waals surface area contributed by atoms with E-state index >= 15 is 0 Å². The van der Waals surface area contributed by atoms with Crippen molar-refractivity contribution in [3.63, 3.8) is 0 Å². The molecule has 1 N–H and O–H groups in total. The van der Waals surface area contributed by atoms with Gasteiger partial charge >= 0.3 is 0 Å². The van der Waals surface area contributed by atoms with Crippen LogP contribution in [-0.4, -0.2) is 17.2 Å². The zero-order valence-corrected chi connectivity index (χ0v) is 19.7. The molecule has 1 saturated heterocycles. The fraction of sp³-hybridized carbons (Fsp3) is 0.154. The number of benzene rings is 2. The normalized spacial score (nSPS) is 17.8. The summed E-state index contributed by atoms with van der Waals surface area (Å²) in [4.78, 5) is 6.65. The van der Waals surface area contributed by atoms with Crippen molar-refractivity contribution < 1.29 is 9.15 Å². The SMILES string of the molecule is COc1cccc(N2C(=S)N[C@@H](c3ccccn3)[C@H]2c2ccc(-c3cccc(Cl)c3C)o2)c1. The highest BCUT2D eigenvalue weighted by atomic mass is 35.5. The first-order valence-electron chi connectivity index (χ1n) is 10.6. The summed E-state index contributed by atoms with van der Waals surface area (Å²) in [6, 6.07) is 23.1. The number of furan rings is 1. The van der Waals surface area contributed by atoms with Crippen LogP contribution in [0.5, 0.6) is 5.75 Å². The highest BCUT2D eigenvalue weighted by molar-refractivity contribution is 7.80. The summed E-state index contributed by atoms with van der Waals surface area (Å²) < 4.78 is 11.9. The molecule has 0 bridgehead atoms. The highest BCUT2D eigenvalue weighted by Crippen LogP contribution is 2.43. The van der Waals surface area contributed by atoms with Gasteiger partial charge in [-0.2, -0.15) is 0 Å². The van der Waals surface area contributed by atoms with Gasteiger partial charge in [-0.25, -0.2) is 0 Å². The molecule has 2 atom stereocenters. The van der Waals surface area contributed by atoms with Crippen molar-refractivity contribution in [1.82, 2.24) is 10.3 Å². The molecule has 5 rings (SSSR count). The maximum atomic E-state index is 6.44. The van der Waals surface area contributed by atoms with Crippen molar-refractivity contribution in [2.24, 2.45) is 0 Å². The van der Waals surface area contributed by atoms with Gasteiger partial charge in [0.15, 0.2) is 5.11 Å². The standard InChI is InChI=1S/C26H22ClN3O2S/c1-16-19(9-6-10-20(16)27)22-12-13-23(32-22)25-24(21-11-3-4-14-28-21)29-26(33)30(25)17-7-5-8-18(15-17)31-2/h3-15,24-25H,1-2H3,(H,29,33)/t24-,25+/m0/s1. The molecule has 1 aliphatic rings. The third-order valence-corrected chi connectivity index (χ3v) is 6.61. The number of hydrogen-bond donors (Lipinski definition) is 1. The Hall–Kier alpha value is -3.35. The molecule has 7 heteroatoms. The quantitative estimate of drug-likeness (QED) is 0.333. The molecule has 1 fully saturated rings. The van der Waals surface area contributed by atoms with Crippen molar-refractivity contribution in [3.8, 4) is 17.1 Å². The number of thiocarbonyl (C=S) groups is 1. The van der Waals surface area contributed by atoms with Crippen LogP contribution in [0, 0.1) is 6.92 Å². The number of nitrogens with one attached hydrogen (secondary N) is 1. The molecule has 0 radical (unpaired) electrons. The predicted molar refractivity (Wildman–Crippen MR) is 135 cm³/mol. The van der Waals surface area contributed by atoms with Crippen LogP contribution in [0.15, 0.2) is 83.4 Å². The second kappa shape index (κ2) is 8.89. The van der Waals surface area contributed by atoms with Crippen LogP contribution in [0.3, 0.4) is 0 Å². The van der Waals surface area contributed by atoms with E-state index in [2.05, 4.69) is 15.2 Å². The Bertz CT molecular complexity index is 1310. The van der Waals surface area contributed by atoms with Crippen LogP contribution < -0.4 is 15.0 Å². The lowest BCUT2D eigenvalue weighted by molar-refractivity contribution is 0.414. The summed E-state index contributed by atoms with van der Waals surface area (Å²) in [5, 5.41) is 4.75. The molecule has 33 heavy (non-hydrogen) atoms. The van der Waals surface area contributed by atoms with E-state index in [0.29, 0.717) is 10.1 Å². The summed E-state index contributed by atoms with van der Waals surface area (Å²) in [5.74, 6) is 2.29. The molecule has 0 unspecified atom stereocenters. The highest BCUT2D eigenvalue weighted by Gasteiger charge is 2.42. The van der Waals surface area contributed by atoms with Crippen molar-refractivity contribution in [1.29, 1.82) is 0 Å². The van der Waals surface area contributed by atoms with Gasteiger partial charge < -0.3 is 19.4 Å². The van der Waals surface area contributed by atoms with E-state index in [-0.39, 0.29) is 12.1 Å². The second-order valence-corrected chi connectivity index (χ2v) is 8.61. The Morgan fingerprint density at radius 1 is 1.06 bits per heavy atom. The van der Waals surface area contributed by atoms with Gasteiger partial charge in [-0.1, -0.05) is 35.9 Å². The molecule has 0 amide bonds. The van der Waals surface area contributed by atoms with E-state index in [1.165, 1.54) is 0 Å². The molecule has 2 aromatic heterocycles. The Balaban J connectivity index is 1.62. The fourth-order valence-corrected chi connectivity index (χ4v) is 4.73. The average Bonchev–Trinajstić information content (AvgIpc) is 3.46. The molecule has 0 aliphatic carbocycles. The Kier molecular flexibility index (Phi) is 5.79. The first-order chi connectivity index (χ1) is 16.1. The predicted octanol–water partition coefficient (Wildman–Crippen LogP) is 6.49. The van der Waals surface area contributed by atoms with Crippen LogP contribution >= 0.6 is 23.8 Å². The van der Waals surface area contributed by atoms with Crippen molar-refractivity contribution >= 4 is 34.6 Å². The maximum absolute atomic E-state index is 6.44. The van der Waals surface area contributed by atoms with E-state index in [1.54, 1.807) is 13.3 Å². The number of halogens is 1. The van der Waals surface area contributed by atoms with Crippen molar-refractivity contribution in [2.75, 3.05) is 12.0 Å². The molecule has 0 spiro atoms. The molecule has 2 aromatic carbocycles. The Labute approximate surface area is 203 Å². The van der Waals surface area contributed by atoms with Crippen LogP contribution in [0.25, 0.3) is 11.3 Å². The minimum atomic E-state index is -0.243. The first-order valence-corrected chi connectivity index (χ1v) is 11.4. The van der Waals surface area contributed by atoms with Gasteiger partial charge in [0, 0.05) is 28.5 Å². The smallest absolute Gasteiger partial charge is 0.174 e. The van der Waals surface area contributed by atoms with E-state index in [1.807, 2.05) is 79.7 Å². The third kappa shape index (κ3) is 3.96. The lowest BCUT2D eigenvalue weighted by atomic mass is 10.0. The molecule has 166 valence electrons. The van der Waals surface area contributed by atoms with Gasteiger partial charge in [-0.05, 0) is 67.2 Å². The van der Waals surface area contributed by atoms with Gasteiger partial charge in [0.25, 0.3) is 0 Å². The number of rotatable bonds is 5. The topological polar surface area (TPSA) is 50.5 Å². The second-order valence-electron chi connectivity index (χ2n) is 7.81. The van der Waals surface area contributed by atoms with E-state index in [4.69, 9.17) is 33.0 Å². The number of aromatic nitrogens is 1. The van der Waals surface area contributed by atoms with Crippen LogP contribution in [0.1, 0.15) is 29.1 Å². The number of methoxy groups -OCH3 is 1. The van der Waals surface area contributed by atoms with Gasteiger partial charge in [-0.15, -0.1) is 0 Å². The van der Waals surface area contributed by atoms with E-state index < -0.39 is 0 Å². The Morgan fingerprint density at radius 2 is 1.91 bits per heavy atom. The lowest BCUT2D eigenvalue weighted by Crippen LogP contribution is -2.29. The van der Waals surface area contributed by atoms with Gasteiger partial charge in [0.05, 0.1) is 18.8 Å². The number of hydrogen-bond acceptors (Lipinski definition) is 4. The van der Waals surface area contributed by atoms with E-state index in [0.717, 1.165) is 39.8 Å². The van der Waals surface area contributed by atoms with Gasteiger partial charge in [0.2, 0.25) is 0 Å². The minimum absolute atomic E-state index is 0.190. The number of nitrogens with zero attached hydrogens (tertiary/aromatic N) is 2. The van der Waals surface area contributed by atoms with Gasteiger partial charge in [0.1, 0.15) is 23.3 Å². The number of anilines is 1. The van der Waals surface area contributed by atoms with Crippen molar-refractivity contribution in [2.45, 2.75) is 19.0 Å². The Morgan fingerprint density at radius 3 is 2.70 bits per heavy atom. The largest absolute Gasteiger partial charge is 0.497 e. The van der Waals surface area contributed by atoms with E-state index in [9.17, 15) is 0 Å². The zero-order valence-electron chi connectivity index (χ0n) is 18.2. The van der Waals surface area contributed by atoms with Gasteiger partial charge in [-0.3, -0.25) is 4.98 Å². The lowest BCUT2D eigenvalue weighted by Gasteiger charge is -2.26. The summed E-state index contributed by atoms with van der Waals surface area (Å²) in [6.07, 6.45) is 1.79. The summed E-state index contributed by atoms with van der Waals surface area (Å²) in [5.41, 5.74) is 3.73. The van der Waals surface area contributed by atoms with Crippen molar-refractivity contribution in [3.05, 3.63) is 101 Å². The monoisotopic (exact) mass is 475 g/mol. The molecule has 0 saturated carbocycles. The number of ether oxygens (including phenoxy) is 1. The molecule has 5 nitrogen and oxygen atoms in total. The average molecular weight is 476 g/mol. The van der Waals surface area contributed by atoms with Crippen LogP contribution in [-0.2, 0) is 0 Å². The minimum Gasteiger partial charge on any atom is -0.497 e. The molecule has 4 aromatic rings. The zero-order chi connectivity index (χ0) is 22.9. The molecular formula is C26H22ClN3O2S. The molecule has 1 aliphatic heterocycles. The number of pyridine rings is 1. The van der Waals surface area contributed by atoms with Crippen LogP contribution in [0.4, 0.5) is 5.69 Å². The molecule has 3 heterocycles. The summed E-state index contributed by atoms with van der Waals surface area (Å²) in [6.45, 7) is 1.99. The molecular weight excluding hydrogens is 454 g/mol. The summed E-state index contributed by atoms with van der Waals surface area (Å²) >= 11 is 12.1.